The van der Waals surface area contributed by atoms with Crippen molar-refractivity contribution in [3.63, 3.8) is 0 Å². The lowest BCUT2D eigenvalue weighted by Gasteiger charge is -2.27. The van der Waals surface area contributed by atoms with E-state index in [-0.39, 0.29) is 11.8 Å². The van der Waals surface area contributed by atoms with E-state index in [9.17, 15) is 19.2 Å². The summed E-state index contributed by atoms with van der Waals surface area (Å²) < 4.78 is 0. The van der Waals surface area contributed by atoms with Crippen molar-refractivity contribution >= 4 is 23.7 Å². The standard InChI is InChI=1S/C20H39N5O5/c1-11(2)10-15(18(27)23-13(5)20(29)30)24-19(28)16(12(3)4)25-17(26)14(22)8-6-7-9-21/h11-16H,6-10,21-22H2,1-5H3,(H,23,27)(H,24,28)(H,25,26)(H,29,30). The van der Waals surface area contributed by atoms with E-state index in [0.29, 0.717) is 25.8 Å². The van der Waals surface area contributed by atoms with E-state index in [1.54, 1.807) is 13.8 Å². The Morgan fingerprint density at radius 3 is 1.93 bits per heavy atom. The topological polar surface area (TPSA) is 177 Å². The third-order valence-electron chi connectivity index (χ3n) is 4.62. The molecule has 10 nitrogen and oxygen atoms in total. The maximum Gasteiger partial charge on any atom is 0.325 e. The highest BCUT2D eigenvalue weighted by Crippen LogP contribution is 2.09. The molecule has 0 aromatic rings. The first-order valence-corrected chi connectivity index (χ1v) is 10.5. The van der Waals surface area contributed by atoms with Crippen LogP contribution in [-0.2, 0) is 19.2 Å². The smallest absolute Gasteiger partial charge is 0.325 e. The maximum absolute atomic E-state index is 12.8. The van der Waals surface area contributed by atoms with E-state index >= 15 is 0 Å². The molecule has 4 atom stereocenters. The zero-order chi connectivity index (χ0) is 23.4. The summed E-state index contributed by atoms with van der Waals surface area (Å²) in [6, 6.07) is -3.64. The summed E-state index contributed by atoms with van der Waals surface area (Å²) in [4.78, 5) is 48.7. The van der Waals surface area contributed by atoms with Crippen molar-refractivity contribution in [2.75, 3.05) is 6.54 Å². The fourth-order valence-corrected chi connectivity index (χ4v) is 2.78. The Kier molecular flexibility index (Phi) is 12.9. The molecule has 0 spiro atoms. The van der Waals surface area contributed by atoms with Crippen LogP contribution >= 0.6 is 0 Å². The Labute approximate surface area is 178 Å². The quantitative estimate of drug-likeness (QED) is 0.205. The molecule has 174 valence electrons. The van der Waals surface area contributed by atoms with E-state index in [0.717, 1.165) is 6.42 Å². The van der Waals surface area contributed by atoms with Gasteiger partial charge in [0.2, 0.25) is 17.7 Å². The summed E-state index contributed by atoms with van der Waals surface area (Å²) in [7, 11) is 0. The van der Waals surface area contributed by atoms with Crippen LogP contribution in [0.15, 0.2) is 0 Å². The number of aliphatic carboxylic acids is 1. The minimum atomic E-state index is -1.17. The number of carboxylic acid groups (broad SMARTS) is 1. The number of hydrogen-bond acceptors (Lipinski definition) is 6. The van der Waals surface area contributed by atoms with Crippen LogP contribution in [0, 0.1) is 11.8 Å². The molecule has 0 fully saturated rings. The second kappa shape index (κ2) is 13.9. The number of carboxylic acids is 1. The normalized spacial score (nSPS) is 15.2. The van der Waals surface area contributed by atoms with Crippen molar-refractivity contribution in [2.24, 2.45) is 23.3 Å². The minimum absolute atomic E-state index is 0.0734. The van der Waals surface area contributed by atoms with Crippen molar-refractivity contribution in [3.8, 4) is 0 Å². The third-order valence-corrected chi connectivity index (χ3v) is 4.62. The van der Waals surface area contributed by atoms with Crippen molar-refractivity contribution < 1.29 is 24.3 Å². The van der Waals surface area contributed by atoms with Gasteiger partial charge in [-0.1, -0.05) is 34.1 Å². The molecule has 8 N–H and O–H groups in total. The van der Waals surface area contributed by atoms with Crippen molar-refractivity contribution in [3.05, 3.63) is 0 Å². The molecule has 0 bridgehead atoms. The molecule has 0 aliphatic carbocycles. The van der Waals surface area contributed by atoms with E-state index in [1.165, 1.54) is 6.92 Å². The number of nitrogens with two attached hydrogens (primary N) is 2. The first-order valence-electron chi connectivity index (χ1n) is 10.5. The second-order valence-corrected chi connectivity index (χ2v) is 8.38. The van der Waals surface area contributed by atoms with E-state index in [4.69, 9.17) is 16.6 Å². The van der Waals surface area contributed by atoms with Gasteiger partial charge in [0.25, 0.3) is 0 Å². The van der Waals surface area contributed by atoms with Crippen molar-refractivity contribution in [2.45, 2.75) is 84.5 Å². The summed E-state index contributed by atoms with van der Waals surface area (Å²) >= 11 is 0. The highest BCUT2D eigenvalue weighted by atomic mass is 16.4. The average molecular weight is 430 g/mol. The number of unbranched alkanes of at least 4 members (excludes halogenated alkanes) is 1. The van der Waals surface area contributed by atoms with Gasteiger partial charge in [-0.25, -0.2) is 0 Å². The lowest BCUT2D eigenvalue weighted by molar-refractivity contribution is -0.142. The largest absolute Gasteiger partial charge is 0.480 e. The van der Waals surface area contributed by atoms with E-state index in [2.05, 4.69) is 16.0 Å². The lowest BCUT2D eigenvalue weighted by Crippen LogP contribution is -2.58. The van der Waals surface area contributed by atoms with Gasteiger partial charge in [0.15, 0.2) is 0 Å². The van der Waals surface area contributed by atoms with Gasteiger partial charge in [0, 0.05) is 0 Å². The number of hydrogen-bond donors (Lipinski definition) is 6. The number of carbonyl (C=O) groups is 4. The van der Waals surface area contributed by atoms with Gasteiger partial charge in [0.05, 0.1) is 6.04 Å². The number of rotatable bonds is 14. The molecule has 3 amide bonds. The maximum atomic E-state index is 12.8. The zero-order valence-electron chi connectivity index (χ0n) is 18.7. The molecule has 0 saturated heterocycles. The molecule has 0 aromatic carbocycles. The van der Waals surface area contributed by atoms with Gasteiger partial charge in [-0.15, -0.1) is 0 Å². The summed E-state index contributed by atoms with van der Waals surface area (Å²) in [5.41, 5.74) is 11.3. The lowest BCUT2D eigenvalue weighted by atomic mass is 9.99. The molecule has 30 heavy (non-hydrogen) atoms. The van der Waals surface area contributed by atoms with Gasteiger partial charge >= 0.3 is 5.97 Å². The van der Waals surface area contributed by atoms with E-state index < -0.39 is 47.9 Å². The van der Waals surface area contributed by atoms with E-state index in [1.807, 2.05) is 13.8 Å². The molecule has 0 aromatic heterocycles. The Bertz CT molecular complexity index is 582. The van der Waals surface area contributed by atoms with Crippen LogP contribution in [0.2, 0.25) is 0 Å². The molecule has 0 saturated carbocycles. The van der Waals surface area contributed by atoms with Crippen LogP contribution in [0.3, 0.4) is 0 Å². The predicted molar refractivity (Wildman–Crippen MR) is 114 cm³/mol. The fraction of sp³-hybridized carbons (Fsp3) is 0.800. The molecular formula is C20H39N5O5. The second-order valence-electron chi connectivity index (χ2n) is 8.38. The Hall–Kier alpha value is -2.20. The summed E-state index contributed by atoms with van der Waals surface area (Å²) in [6.45, 7) is 9.18. The van der Waals surface area contributed by atoms with Crippen LogP contribution in [0.4, 0.5) is 0 Å². The van der Waals surface area contributed by atoms with Gasteiger partial charge in [-0.05, 0) is 44.6 Å². The molecule has 0 rings (SSSR count). The van der Waals surface area contributed by atoms with Crippen LogP contribution in [0.5, 0.6) is 0 Å². The Morgan fingerprint density at radius 2 is 1.47 bits per heavy atom. The van der Waals surface area contributed by atoms with Crippen LogP contribution in [0.1, 0.15) is 60.3 Å². The predicted octanol–water partition coefficient (Wildman–Crippen LogP) is -0.296. The first-order chi connectivity index (χ1) is 13.9. The summed E-state index contributed by atoms with van der Waals surface area (Å²) in [5, 5.41) is 16.7. The summed E-state index contributed by atoms with van der Waals surface area (Å²) in [5.74, 6) is -2.88. The van der Waals surface area contributed by atoms with Gasteiger partial charge in [-0.3, -0.25) is 19.2 Å². The van der Waals surface area contributed by atoms with Crippen molar-refractivity contribution in [1.29, 1.82) is 0 Å². The SMILES string of the molecule is CC(C)CC(NC(=O)C(NC(=O)C(N)CCCCN)C(C)C)C(=O)NC(C)C(=O)O. The van der Waals surface area contributed by atoms with Crippen LogP contribution in [-0.4, -0.2) is 59.5 Å². The highest BCUT2D eigenvalue weighted by Gasteiger charge is 2.31. The molecule has 0 aliphatic heterocycles. The first kappa shape index (κ1) is 27.8. The monoisotopic (exact) mass is 429 g/mol. The molecule has 0 radical (unpaired) electrons. The van der Waals surface area contributed by atoms with Gasteiger partial charge in [-0.2, -0.15) is 0 Å². The zero-order valence-corrected chi connectivity index (χ0v) is 18.7. The number of carbonyl (C=O) groups excluding carboxylic acids is 3. The Morgan fingerprint density at radius 1 is 0.867 bits per heavy atom. The van der Waals surface area contributed by atoms with Crippen LogP contribution < -0.4 is 27.4 Å². The highest BCUT2D eigenvalue weighted by molar-refractivity contribution is 5.94. The molecular weight excluding hydrogens is 390 g/mol. The third kappa shape index (κ3) is 10.5. The summed E-state index contributed by atoms with van der Waals surface area (Å²) in [6.07, 6.45) is 2.25. The fourth-order valence-electron chi connectivity index (χ4n) is 2.78. The van der Waals surface area contributed by atoms with Crippen molar-refractivity contribution in [1.82, 2.24) is 16.0 Å². The average Bonchev–Trinajstić information content (AvgIpc) is 2.64. The number of nitrogens with one attached hydrogen (secondary N) is 3. The van der Waals surface area contributed by atoms with Gasteiger partial charge in [0.1, 0.15) is 18.1 Å². The van der Waals surface area contributed by atoms with Gasteiger partial charge < -0.3 is 32.5 Å². The molecule has 10 heteroatoms. The number of amides is 3. The molecule has 0 aliphatic rings. The Balaban J connectivity index is 5.17. The minimum Gasteiger partial charge on any atom is -0.480 e. The van der Waals surface area contributed by atoms with Crippen LogP contribution in [0.25, 0.3) is 0 Å². The molecule has 0 heterocycles. The molecule has 4 unspecified atom stereocenters.